The summed E-state index contributed by atoms with van der Waals surface area (Å²) in [6.07, 6.45) is 4.34. The Morgan fingerprint density at radius 3 is 2.40 bits per heavy atom. The lowest BCUT2D eigenvalue weighted by atomic mass is 9.94. The highest BCUT2D eigenvalue weighted by Gasteiger charge is 2.30. The lowest BCUT2D eigenvalue weighted by Crippen LogP contribution is -2.49. The first-order valence-electron chi connectivity index (χ1n) is 6.10. The fourth-order valence-electron chi connectivity index (χ4n) is 2.48. The molecule has 1 heterocycles. The first kappa shape index (κ1) is 12.5. The summed E-state index contributed by atoms with van der Waals surface area (Å²) in [6.45, 7) is 6.90. The molecule has 0 bridgehead atoms. The second-order valence-corrected chi connectivity index (χ2v) is 4.85. The SMILES string of the molecule is CC(CCN)C(=O)N1[C@H](C)CCC[C@@H]1C. The number of hydrogen-bond donors (Lipinski definition) is 1. The van der Waals surface area contributed by atoms with Gasteiger partial charge in [0, 0.05) is 18.0 Å². The van der Waals surface area contributed by atoms with Gasteiger partial charge in [0.1, 0.15) is 0 Å². The maximum Gasteiger partial charge on any atom is 0.225 e. The Labute approximate surface area is 93.0 Å². The number of likely N-dealkylation sites (tertiary alicyclic amines) is 1. The van der Waals surface area contributed by atoms with Crippen LogP contribution < -0.4 is 5.73 Å². The molecule has 2 N–H and O–H groups in total. The van der Waals surface area contributed by atoms with Gasteiger partial charge in [0.05, 0.1) is 0 Å². The van der Waals surface area contributed by atoms with Crippen LogP contribution in [0, 0.1) is 5.92 Å². The van der Waals surface area contributed by atoms with E-state index in [4.69, 9.17) is 5.73 Å². The van der Waals surface area contributed by atoms with E-state index in [1.54, 1.807) is 0 Å². The van der Waals surface area contributed by atoms with Gasteiger partial charge in [0.2, 0.25) is 5.91 Å². The van der Waals surface area contributed by atoms with Crippen LogP contribution in [0.4, 0.5) is 0 Å². The molecular formula is C12H24N2O. The van der Waals surface area contributed by atoms with Crippen LogP contribution in [0.5, 0.6) is 0 Å². The van der Waals surface area contributed by atoms with Gasteiger partial charge in [0.15, 0.2) is 0 Å². The van der Waals surface area contributed by atoms with E-state index in [2.05, 4.69) is 18.7 Å². The van der Waals surface area contributed by atoms with Gasteiger partial charge in [-0.05, 0) is 46.1 Å². The zero-order valence-electron chi connectivity index (χ0n) is 10.2. The van der Waals surface area contributed by atoms with Gasteiger partial charge in [-0.2, -0.15) is 0 Å². The number of carbonyl (C=O) groups is 1. The van der Waals surface area contributed by atoms with Crippen LogP contribution in [0.15, 0.2) is 0 Å². The van der Waals surface area contributed by atoms with E-state index < -0.39 is 0 Å². The summed E-state index contributed by atoms with van der Waals surface area (Å²) in [6, 6.07) is 0.808. The van der Waals surface area contributed by atoms with E-state index in [0.717, 1.165) is 19.3 Å². The molecule has 1 unspecified atom stereocenters. The Hall–Kier alpha value is -0.570. The minimum absolute atomic E-state index is 0.0815. The summed E-state index contributed by atoms with van der Waals surface area (Å²) in [5.74, 6) is 0.373. The van der Waals surface area contributed by atoms with E-state index in [1.807, 2.05) is 6.92 Å². The molecular weight excluding hydrogens is 188 g/mol. The minimum atomic E-state index is 0.0815. The predicted octanol–water partition coefficient (Wildman–Crippen LogP) is 1.76. The molecule has 0 saturated carbocycles. The third-order valence-corrected chi connectivity index (χ3v) is 3.47. The van der Waals surface area contributed by atoms with Gasteiger partial charge in [-0.1, -0.05) is 6.92 Å². The highest BCUT2D eigenvalue weighted by Crippen LogP contribution is 2.24. The lowest BCUT2D eigenvalue weighted by molar-refractivity contribution is -0.141. The summed E-state index contributed by atoms with van der Waals surface area (Å²) in [4.78, 5) is 14.3. The minimum Gasteiger partial charge on any atom is -0.337 e. The van der Waals surface area contributed by atoms with Gasteiger partial charge in [0.25, 0.3) is 0 Å². The summed E-state index contributed by atoms with van der Waals surface area (Å²) < 4.78 is 0. The maximum atomic E-state index is 12.2. The van der Waals surface area contributed by atoms with Crippen LogP contribution >= 0.6 is 0 Å². The van der Waals surface area contributed by atoms with Crippen molar-refractivity contribution in [2.75, 3.05) is 6.54 Å². The van der Waals surface area contributed by atoms with Gasteiger partial charge in [-0.25, -0.2) is 0 Å². The normalized spacial score (nSPS) is 28.9. The third-order valence-electron chi connectivity index (χ3n) is 3.47. The number of hydrogen-bond acceptors (Lipinski definition) is 2. The fourth-order valence-corrected chi connectivity index (χ4v) is 2.48. The van der Waals surface area contributed by atoms with Crippen molar-refractivity contribution in [1.82, 2.24) is 4.90 Å². The van der Waals surface area contributed by atoms with Crippen molar-refractivity contribution < 1.29 is 4.79 Å². The first-order valence-corrected chi connectivity index (χ1v) is 6.10. The van der Waals surface area contributed by atoms with Crippen molar-refractivity contribution in [3.05, 3.63) is 0 Å². The molecule has 0 radical (unpaired) electrons. The summed E-state index contributed by atoms with van der Waals surface area (Å²) in [7, 11) is 0. The van der Waals surface area contributed by atoms with Crippen molar-refractivity contribution in [2.24, 2.45) is 11.7 Å². The van der Waals surface area contributed by atoms with Crippen molar-refractivity contribution >= 4 is 5.91 Å². The van der Waals surface area contributed by atoms with Gasteiger partial charge in [-0.15, -0.1) is 0 Å². The molecule has 1 saturated heterocycles. The summed E-state index contributed by atoms with van der Waals surface area (Å²) >= 11 is 0. The van der Waals surface area contributed by atoms with E-state index in [9.17, 15) is 4.79 Å². The quantitative estimate of drug-likeness (QED) is 0.775. The van der Waals surface area contributed by atoms with Crippen LogP contribution in [-0.2, 0) is 4.79 Å². The Morgan fingerprint density at radius 2 is 1.93 bits per heavy atom. The monoisotopic (exact) mass is 212 g/mol. The average molecular weight is 212 g/mol. The van der Waals surface area contributed by atoms with Crippen LogP contribution in [-0.4, -0.2) is 29.4 Å². The molecule has 3 heteroatoms. The van der Waals surface area contributed by atoms with E-state index in [-0.39, 0.29) is 5.92 Å². The van der Waals surface area contributed by atoms with Crippen LogP contribution in [0.3, 0.4) is 0 Å². The Balaban J connectivity index is 2.62. The molecule has 1 amide bonds. The average Bonchev–Trinajstić information content (AvgIpc) is 2.17. The molecule has 1 fully saturated rings. The maximum absolute atomic E-state index is 12.2. The molecule has 1 rings (SSSR count). The largest absolute Gasteiger partial charge is 0.337 e. The van der Waals surface area contributed by atoms with Crippen LogP contribution in [0.2, 0.25) is 0 Å². The molecule has 3 atom stereocenters. The third kappa shape index (κ3) is 2.94. The van der Waals surface area contributed by atoms with Gasteiger partial charge >= 0.3 is 0 Å². The van der Waals surface area contributed by atoms with Gasteiger partial charge in [-0.3, -0.25) is 4.79 Å². The molecule has 88 valence electrons. The first-order chi connectivity index (χ1) is 7.07. The Kier molecular flexibility index (Phi) is 4.58. The second kappa shape index (κ2) is 5.50. The zero-order valence-corrected chi connectivity index (χ0v) is 10.2. The molecule has 1 aliphatic heterocycles. The van der Waals surface area contributed by atoms with E-state index >= 15 is 0 Å². The van der Waals surface area contributed by atoms with Crippen molar-refractivity contribution in [3.8, 4) is 0 Å². The lowest BCUT2D eigenvalue weighted by Gasteiger charge is -2.40. The predicted molar refractivity (Wildman–Crippen MR) is 62.5 cm³/mol. The molecule has 0 aromatic heterocycles. The molecule has 0 aliphatic carbocycles. The van der Waals surface area contributed by atoms with Crippen molar-refractivity contribution in [3.63, 3.8) is 0 Å². The zero-order chi connectivity index (χ0) is 11.4. The molecule has 0 aromatic carbocycles. The number of nitrogens with zero attached hydrogens (tertiary/aromatic N) is 1. The molecule has 1 aliphatic rings. The van der Waals surface area contributed by atoms with E-state index in [1.165, 1.54) is 6.42 Å². The number of rotatable bonds is 3. The number of piperidine rings is 1. The topological polar surface area (TPSA) is 46.3 Å². The highest BCUT2D eigenvalue weighted by molar-refractivity contribution is 5.79. The summed E-state index contributed by atoms with van der Waals surface area (Å²) in [5.41, 5.74) is 5.50. The van der Waals surface area contributed by atoms with Crippen molar-refractivity contribution in [1.29, 1.82) is 0 Å². The molecule has 0 aromatic rings. The van der Waals surface area contributed by atoms with Crippen LogP contribution in [0.1, 0.15) is 46.5 Å². The molecule has 0 spiro atoms. The van der Waals surface area contributed by atoms with Crippen LogP contribution in [0.25, 0.3) is 0 Å². The Morgan fingerprint density at radius 1 is 1.40 bits per heavy atom. The molecule has 3 nitrogen and oxygen atoms in total. The smallest absolute Gasteiger partial charge is 0.225 e. The molecule has 15 heavy (non-hydrogen) atoms. The second-order valence-electron chi connectivity index (χ2n) is 4.85. The van der Waals surface area contributed by atoms with E-state index in [0.29, 0.717) is 24.5 Å². The number of amides is 1. The Bertz CT molecular complexity index is 208. The van der Waals surface area contributed by atoms with Crippen molar-refractivity contribution in [2.45, 2.75) is 58.5 Å². The number of nitrogens with two attached hydrogens (primary N) is 1. The summed E-state index contributed by atoms with van der Waals surface area (Å²) in [5, 5.41) is 0. The highest BCUT2D eigenvalue weighted by atomic mass is 16.2. The van der Waals surface area contributed by atoms with Gasteiger partial charge < -0.3 is 10.6 Å². The standard InChI is InChI=1S/C12H24N2O/c1-9(7-8-13)12(15)14-10(2)5-4-6-11(14)3/h9-11H,4-8,13H2,1-3H3/t9?,10-,11+. The number of carbonyl (C=O) groups excluding carboxylic acids is 1. The fraction of sp³-hybridized carbons (Fsp3) is 0.917.